The molecule has 2 N–H and O–H groups in total. The highest BCUT2D eigenvalue weighted by molar-refractivity contribution is 5.72. The summed E-state index contributed by atoms with van der Waals surface area (Å²) >= 11 is 0. The molecule has 0 aromatic heterocycles. The van der Waals surface area contributed by atoms with Gasteiger partial charge in [-0.3, -0.25) is 0 Å². The van der Waals surface area contributed by atoms with Crippen LogP contribution in [0.3, 0.4) is 0 Å². The molecule has 2 aliphatic rings. The monoisotopic (exact) mass is 280 g/mol. The summed E-state index contributed by atoms with van der Waals surface area (Å²) in [6.45, 7) is 3.19. The molecular weight excluding hydrogens is 248 g/mol. The fourth-order valence-corrected chi connectivity index (χ4v) is 4.05. The Kier molecular flexibility index (Phi) is 6.18. The van der Waals surface area contributed by atoms with Crippen molar-refractivity contribution in [2.45, 2.75) is 83.6 Å². The van der Waals surface area contributed by atoms with Crippen molar-refractivity contribution in [1.82, 2.24) is 4.90 Å². The zero-order valence-electron chi connectivity index (χ0n) is 13.2. The highest BCUT2D eigenvalue weighted by Gasteiger charge is 2.26. The molecule has 2 amide bonds. The van der Waals surface area contributed by atoms with Crippen molar-refractivity contribution in [3.05, 3.63) is 0 Å². The minimum Gasteiger partial charge on any atom is -0.351 e. The van der Waals surface area contributed by atoms with Gasteiger partial charge in [-0.15, -0.1) is 0 Å². The quantitative estimate of drug-likeness (QED) is 0.801. The highest BCUT2D eigenvalue weighted by atomic mass is 16.2. The first kappa shape index (κ1) is 15.7. The summed E-state index contributed by atoms with van der Waals surface area (Å²) in [5.74, 6) is 1.73. The van der Waals surface area contributed by atoms with Crippen molar-refractivity contribution in [2.75, 3.05) is 6.54 Å². The Morgan fingerprint density at radius 2 is 1.70 bits per heavy atom. The van der Waals surface area contributed by atoms with Crippen LogP contribution in [0.4, 0.5) is 4.79 Å². The number of amides is 2. The van der Waals surface area contributed by atoms with Gasteiger partial charge in [0.2, 0.25) is 0 Å². The van der Waals surface area contributed by atoms with Crippen LogP contribution in [0.5, 0.6) is 0 Å². The lowest BCUT2D eigenvalue weighted by Gasteiger charge is -2.35. The van der Waals surface area contributed by atoms with E-state index in [0.29, 0.717) is 6.04 Å². The number of urea groups is 1. The Balaban J connectivity index is 1.73. The second-order valence-electron chi connectivity index (χ2n) is 7.09. The van der Waals surface area contributed by atoms with E-state index >= 15 is 0 Å². The molecule has 0 aromatic rings. The van der Waals surface area contributed by atoms with Gasteiger partial charge in [0.15, 0.2) is 0 Å². The van der Waals surface area contributed by atoms with Crippen LogP contribution in [0, 0.1) is 11.8 Å². The number of hydrogen-bond donors (Lipinski definition) is 1. The summed E-state index contributed by atoms with van der Waals surface area (Å²) in [7, 11) is 0. The van der Waals surface area contributed by atoms with Crippen molar-refractivity contribution < 1.29 is 4.79 Å². The molecule has 0 heterocycles. The summed E-state index contributed by atoms with van der Waals surface area (Å²) in [5.41, 5.74) is 5.61. The molecule has 0 unspecified atom stereocenters. The number of nitrogens with zero attached hydrogens (tertiary/aromatic N) is 1. The summed E-state index contributed by atoms with van der Waals surface area (Å²) in [5, 5.41) is 0. The molecule has 2 rings (SSSR count). The molecular formula is C17H32N2O. The Morgan fingerprint density at radius 1 is 1.05 bits per heavy atom. The highest BCUT2D eigenvalue weighted by Crippen LogP contribution is 2.29. The molecule has 0 aliphatic heterocycles. The number of hydrogen-bond acceptors (Lipinski definition) is 1. The Labute approximate surface area is 124 Å². The predicted octanol–water partition coefficient (Wildman–Crippen LogP) is 4.31. The fourth-order valence-electron chi connectivity index (χ4n) is 4.05. The van der Waals surface area contributed by atoms with Crippen LogP contribution in [0.25, 0.3) is 0 Å². The van der Waals surface area contributed by atoms with Gasteiger partial charge in [-0.25, -0.2) is 4.79 Å². The van der Waals surface area contributed by atoms with E-state index < -0.39 is 0 Å². The van der Waals surface area contributed by atoms with Crippen LogP contribution < -0.4 is 5.73 Å². The van der Waals surface area contributed by atoms with E-state index in [4.69, 9.17) is 5.73 Å². The van der Waals surface area contributed by atoms with Crippen molar-refractivity contribution in [3.63, 3.8) is 0 Å². The molecule has 3 heteroatoms. The molecule has 0 spiro atoms. The number of primary amides is 1. The van der Waals surface area contributed by atoms with Crippen molar-refractivity contribution in [3.8, 4) is 0 Å². The van der Waals surface area contributed by atoms with E-state index in [9.17, 15) is 4.79 Å². The van der Waals surface area contributed by atoms with E-state index in [0.717, 1.165) is 37.6 Å². The average Bonchev–Trinajstić information content (AvgIpc) is 2.46. The first-order valence-corrected chi connectivity index (χ1v) is 8.73. The standard InChI is InChI=1S/C17H32N2O/c1-14-9-11-16(12-10-14)19(17(18)20)13-5-8-15-6-3-2-4-7-15/h14-16H,2-13H2,1H3,(H2,18,20)/t14-,16-. The van der Waals surface area contributed by atoms with Gasteiger partial charge in [-0.1, -0.05) is 39.0 Å². The summed E-state index contributed by atoms with van der Waals surface area (Å²) in [6, 6.07) is 0.211. The van der Waals surface area contributed by atoms with Crippen LogP contribution >= 0.6 is 0 Å². The fraction of sp³-hybridized carbons (Fsp3) is 0.941. The minimum absolute atomic E-state index is 0.201. The first-order valence-electron chi connectivity index (χ1n) is 8.73. The van der Waals surface area contributed by atoms with Crippen LogP contribution in [-0.4, -0.2) is 23.5 Å². The zero-order valence-corrected chi connectivity index (χ0v) is 13.2. The van der Waals surface area contributed by atoms with E-state index in [1.165, 1.54) is 51.4 Å². The molecule has 20 heavy (non-hydrogen) atoms. The number of rotatable bonds is 5. The topological polar surface area (TPSA) is 46.3 Å². The summed E-state index contributed by atoms with van der Waals surface area (Å²) < 4.78 is 0. The second kappa shape index (κ2) is 7.90. The average molecular weight is 280 g/mol. The van der Waals surface area contributed by atoms with Crippen LogP contribution in [-0.2, 0) is 0 Å². The largest absolute Gasteiger partial charge is 0.351 e. The molecule has 0 aromatic carbocycles. The van der Waals surface area contributed by atoms with Crippen LogP contribution in [0.2, 0.25) is 0 Å². The van der Waals surface area contributed by atoms with E-state index in [1.807, 2.05) is 4.90 Å². The van der Waals surface area contributed by atoms with Crippen LogP contribution in [0.1, 0.15) is 77.6 Å². The minimum atomic E-state index is -0.201. The van der Waals surface area contributed by atoms with Gasteiger partial charge < -0.3 is 10.6 Å². The lowest BCUT2D eigenvalue weighted by Crippen LogP contribution is -2.45. The lowest BCUT2D eigenvalue weighted by molar-refractivity contribution is 0.149. The van der Waals surface area contributed by atoms with Crippen molar-refractivity contribution in [1.29, 1.82) is 0 Å². The van der Waals surface area contributed by atoms with E-state index in [2.05, 4.69) is 6.92 Å². The third kappa shape index (κ3) is 4.68. The smallest absolute Gasteiger partial charge is 0.315 e. The predicted molar refractivity (Wildman–Crippen MR) is 83.5 cm³/mol. The van der Waals surface area contributed by atoms with E-state index in [-0.39, 0.29) is 6.03 Å². The third-order valence-electron chi connectivity index (χ3n) is 5.45. The molecule has 0 radical (unpaired) electrons. The summed E-state index contributed by atoms with van der Waals surface area (Å²) in [6.07, 6.45) is 14.2. The lowest BCUT2D eigenvalue weighted by atomic mass is 9.85. The normalized spacial score (nSPS) is 28.2. The maximum Gasteiger partial charge on any atom is 0.315 e. The Morgan fingerprint density at radius 3 is 2.30 bits per heavy atom. The van der Waals surface area contributed by atoms with Gasteiger partial charge in [-0.05, 0) is 50.4 Å². The first-order chi connectivity index (χ1) is 9.66. The molecule has 0 atom stereocenters. The second-order valence-corrected chi connectivity index (χ2v) is 7.09. The van der Waals surface area contributed by atoms with Gasteiger partial charge in [0.25, 0.3) is 0 Å². The van der Waals surface area contributed by atoms with E-state index in [1.54, 1.807) is 0 Å². The maximum absolute atomic E-state index is 11.7. The van der Waals surface area contributed by atoms with Gasteiger partial charge in [-0.2, -0.15) is 0 Å². The Hall–Kier alpha value is -0.730. The number of carbonyl (C=O) groups excluding carboxylic acids is 1. The SMILES string of the molecule is C[C@H]1CC[C@H](N(CCCC2CCCCC2)C(N)=O)CC1. The Bertz CT molecular complexity index is 291. The van der Waals surface area contributed by atoms with Crippen molar-refractivity contribution in [2.24, 2.45) is 17.6 Å². The molecule has 0 saturated heterocycles. The number of carbonyl (C=O) groups is 1. The zero-order chi connectivity index (χ0) is 14.4. The van der Waals surface area contributed by atoms with Crippen molar-refractivity contribution >= 4 is 6.03 Å². The summed E-state index contributed by atoms with van der Waals surface area (Å²) in [4.78, 5) is 13.7. The molecule has 116 valence electrons. The van der Waals surface area contributed by atoms with Gasteiger partial charge >= 0.3 is 6.03 Å². The molecule has 2 fully saturated rings. The van der Waals surface area contributed by atoms with Crippen LogP contribution in [0.15, 0.2) is 0 Å². The molecule has 2 saturated carbocycles. The third-order valence-corrected chi connectivity index (χ3v) is 5.45. The van der Waals surface area contributed by atoms with Gasteiger partial charge in [0.05, 0.1) is 0 Å². The van der Waals surface area contributed by atoms with Gasteiger partial charge in [0, 0.05) is 12.6 Å². The molecule has 0 bridgehead atoms. The maximum atomic E-state index is 11.7. The molecule has 2 aliphatic carbocycles. The van der Waals surface area contributed by atoms with Gasteiger partial charge in [0.1, 0.15) is 0 Å². The molecule has 3 nitrogen and oxygen atoms in total. The number of nitrogens with two attached hydrogens (primary N) is 1.